The molecule has 0 bridgehead atoms. The molecular weight excluding hydrogens is 326 g/mol. The minimum absolute atomic E-state index is 0.0450. The number of rotatable bonds is 7. The molecule has 0 aromatic heterocycles. The molecule has 2 rings (SSSR count). The minimum atomic E-state index is -0.0450. The number of likely N-dealkylation sites (N-methyl/N-ethyl adjacent to an activating group) is 1. The Morgan fingerprint density at radius 3 is 2.92 bits per heavy atom. The van der Waals surface area contributed by atoms with Gasteiger partial charge in [-0.1, -0.05) is 23.7 Å². The topological polar surface area (TPSA) is 44.8 Å². The van der Waals surface area contributed by atoms with E-state index in [4.69, 9.17) is 16.3 Å². The zero-order valence-corrected chi connectivity index (χ0v) is 15.6. The lowest BCUT2D eigenvalue weighted by Gasteiger charge is -2.42. The van der Waals surface area contributed by atoms with Crippen molar-refractivity contribution in [3.05, 3.63) is 34.9 Å². The van der Waals surface area contributed by atoms with Gasteiger partial charge in [0.15, 0.2) is 0 Å². The predicted molar refractivity (Wildman–Crippen MR) is 97.2 cm³/mol. The van der Waals surface area contributed by atoms with Crippen molar-refractivity contribution in [3.63, 3.8) is 0 Å². The molecule has 0 radical (unpaired) electrons. The van der Waals surface area contributed by atoms with Crippen LogP contribution in [0.1, 0.15) is 12.0 Å². The molecule has 1 saturated heterocycles. The molecule has 2 atom stereocenters. The summed E-state index contributed by atoms with van der Waals surface area (Å²) in [6.45, 7) is 3.76. The van der Waals surface area contributed by atoms with Crippen molar-refractivity contribution < 1.29 is 9.53 Å². The molecule has 1 fully saturated rings. The molecule has 24 heavy (non-hydrogen) atoms. The monoisotopic (exact) mass is 353 g/mol. The van der Waals surface area contributed by atoms with Crippen LogP contribution in [0.15, 0.2) is 24.3 Å². The van der Waals surface area contributed by atoms with Gasteiger partial charge in [-0.2, -0.15) is 0 Å². The SMILES string of the molecule is COCC(=O)NC[C@H]1CCN(Cc2cccc(Cl)c2)C[C@H]1N(C)C. The Morgan fingerprint density at radius 2 is 2.25 bits per heavy atom. The van der Waals surface area contributed by atoms with Crippen LogP contribution >= 0.6 is 11.6 Å². The number of hydrogen-bond donors (Lipinski definition) is 1. The van der Waals surface area contributed by atoms with Crippen molar-refractivity contribution in [2.45, 2.75) is 19.0 Å². The van der Waals surface area contributed by atoms with Gasteiger partial charge >= 0.3 is 0 Å². The van der Waals surface area contributed by atoms with E-state index in [0.717, 1.165) is 31.1 Å². The number of halogens is 1. The first-order chi connectivity index (χ1) is 11.5. The minimum Gasteiger partial charge on any atom is -0.375 e. The lowest BCUT2D eigenvalue weighted by Crippen LogP contribution is -2.53. The number of carbonyl (C=O) groups excluding carboxylic acids is 1. The van der Waals surface area contributed by atoms with E-state index < -0.39 is 0 Å². The first kappa shape index (κ1) is 19.2. The molecule has 0 spiro atoms. The molecule has 0 aliphatic carbocycles. The van der Waals surface area contributed by atoms with Crippen molar-refractivity contribution in [2.75, 3.05) is 47.4 Å². The third-order valence-electron chi connectivity index (χ3n) is 4.60. The van der Waals surface area contributed by atoms with Gasteiger partial charge in [0.05, 0.1) is 0 Å². The van der Waals surface area contributed by atoms with Crippen molar-refractivity contribution in [1.29, 1.82) is 0 Å². The first-order valence-corrected chi connectivity index (χ1v) is 8.76. The second-order valence-electron chi connectivity index (χ2n) is 6.68. The maximum absolute atomic E-state index is 11.6. The van der Waals surface area contributed by atoms with E-state index in [2.05, 4.69) is 35.3 Å². The number of carbonyl (C=O) groups is 1. The maximum atomic E-state index is 11.6. The van der Waals surface area contributed by atoms with Crippen LogP contribution in [0, 0.1) is 5.92 Å². The summed E-state index contributed by atoms with van der Waals surface area (Å²) in [5, 5.41) is 3.77. The molecule has 1 aromatic rings. The number of nitrogens with zero attached hydrogens (tertiary/aromatic N) is 2. The standard InChI is InChI=1S/C18H28ClN3O2/c1-21(2)17-12-22(11-14-5-4-6-16(19)9-14)8-7-15(17)10-20-18(23)13-24-3/h4-6,9,15,17H,7-8,10-13H2,1-3H3,(H,20,23)/t15-,17-/m1/s1. The third-order valence-corrected chi connectivity index (χ3v) is 4.84. The van der Waals surface area contributed by atoms with Crippen LogP contribution in [0.3, 0.4) is 0 Å². The Bertz CT molecular complexity index is 539. The summed E-state index contributed by atoms with van der Waals surface area (Å²) in [6.07, 6.45) is 1.07. The molecule has 0 unspecified atom stereocenters. The fourth-order valence-corrected chi connectivity index (χ4v) is 3.55. The summed E-state index contributed by atoms with van der Waals surface area (Å²) in [5.74, 6) is 0.410. The van der Waals surface area contributed by atoms with E-state index in [9.17, 15) is 4.79 Å². The Morgan fingerprint density at radius 1 is 1.46 bits per heavy atom. The molecule has 1 aliphatic heterocycles. The van der Waals surface area contributed by atoms with Gasteiger partial charge in [-0.15, -0.1) is 0 Å². The van der Waals surface area contributed by atoms with Crippen LogP contribution in [-0.4, -0.2) is 69.2 Å². The summed E-state index contributed by atoms with van der Waals surface area (Å²) >= 11 is 6.08. The van der Waals surface area contributed by atoms with E-state index in [1.54, 1.807) is 0 Å². The Hall–Kier alpha value is -1.14. The lowest BCUT2D eigenvalue weighted by atomic mass is 9.90. The molecule has 1 N–H and O–H groups in total. The van der Waals surface area contributed by atoms with Crippen LogP contribution in [0.4, 0.5) is 0 Å². The van der Waals surface area contributed by atoms with E-state index in [1.165, 1.54) is 12.7 Å². The number of ether oxygens (including phenoxy) is 1. The number of hydrogen-bond acceptors (Lipinski definition) is 4. The van der Waals surface area contributed by atoms with Crippen molar-refractivity contribution in [2.24, 2.45) is 5.92 Å². The number of piperidine rings is 1. The second-order valence-corrected chi connectivity index (χ2v) is 7.12. The zero-order chi connectivity index (χ0) is 17.5. The van der Waals surface area contributed by atoms with Crippen LogP contribution in [-0.2, 0) is 16.1 Å². The van der Waals surface area contributed by atoms with E-state index in [1.807, 2.05) is 18.2 Å². The highest BCUT2D eigenvalue weighted by Crippen LogP contribution is 2.23. The highest BCUT2D eigenvalue weighted by molar-refractivity contribution is 6.30. The van der Waals surface area contributed by atoms with Crippen molar-refractivity contribution in [1.82, 2.24) is 15.1 Å². The lowest BCUT2D eigenvalue weighted by molar-refractivity contribution is -0.125. The van der Waals surface area contributed by atoms with Crippen LogP contribution in [0.5, 0.6) is 0 Å². The predicted octanol–water partition coefficient (Wildman–Crippen LogP) is 1.85. The quantitative estimate of drug-likeness (QED) is 0.812. The zero-order valence-electron chi connectivity index (χ0n) is 14.8. The molecule has 1 amide bonds. The summed E-state index contributed by atoms with van der Waals surface area (Å²) in [7, 11) is 5.76. The molecule has 1 aromatic carbocycles. The molecule has 5 nitrogen and oxygen atoms in total. The van der Waals surface area contributed by atoms with E-state index in [0.29, 0.717) is 18.5 Å². The molecule has 1 heterocycles. The molecule has 6 heteroatoms. The number of nitrogens with one attached hydrogen (secondary N) is 1. The summed E-state index contributed by atoms with van der Waals surface area (Å²) in [5.41, 5.74) is 1.24. The molecule has 0 saturated carbocycles. The van der Waals surface area contributed by atoms with Gasteiger partial charge in [0.2, 0.25) is 5.91 Å². The number of likely N-dealkylation sites (tertiary alicyclic amines) is 1. The van der Waals surface area contributed by atoms with Gasteiger partial charge < -0.3 is 15.0 Å². The average Bonchev–Trinajstić information content (AvgIpc) is 2.54. The largest absolute Gasteiger partial charge is 0.375 e. The first-order valence-electron chi connectivity index (χ1n) is 8.38. The Labute approximate surface area is 149 Å². The Kier molecular flexibility index (Phi) is 7.49. The fraction of sp³-hybridized carbons (Fsp3) is 0.611. The summed E-state index contributed by atoms with van der Waals surface area (Å²) in [6, 6.07) is 8.47. The van der Waals surface area contributed by atoms with Gasteiger partial charge in [-0.25, -0.2) is 0 Å². The summed E-state index contributed by atoms with van der Waals surface area (Å²) < 4.78 is 4.87. The van der Waals surface area contributed by atoms with E-state index in [-0.39, 0.29) is 12.5 Å². The Balaban J connectivity index is 1.91. The highest BCUT2D eigenvalue weighted by Gasteiger charge is 2.30. The van der Waals surface area contributed by atoms with E-state index >= 15 is 0 Å². The van der Waals surface area contributed by atoms with Gasteiger partial charge in [0.25, 0.3) is 0 Å². The van der Waals surface area contributed by atoms with Crippen molar-refractivity contribution in [3.8, 4) is 0 Å². The number of amides is 1. The van der Waals surface area contributed by atoms with Gasteiger partial charge in [0.1, 0.15) is 6.61 Å². The molecule has 1 aliphatic rings. The molecular formula is C18H28ClN3O2. The average molecular weight is 354 g/mol. The van der Waals surface area contributed by atoms with Gasteiger partial charge in [0, 0.05) is 37.8 Å². The third kappa shape index (κ3) is 5.74. The maximum Gasteiger partial charge on any atom is 0.245 e. The van der Waals surface area contributed by atoms with Crippen molar-refractivity contribution >= 4 is 17.5 Å². The summed E-state index contributed by atoms with van der Waals surface area (Å²) in [4.78, 5) is 16.4. The van der Waals surface area contributed by atoms with Gasteiger partial charge in [-0.3, -0.25) is 9.69 Å². The smallest absolute Gasteiger partial charge is 0.245 e. The number of methoxy groups -OCH3 is 1. The van der Waals surface area contributed by atoms with Gasteiger partial charge in [-0.05, 0) is 50.7 Å². The second kappa shape index (κ2) is 9.37. The van der Waals surface area contributed by atoms with Crippen LogP contribution in [0.2, 0.25) is 5.02 Å². The van der Waals surface area contributed by atoms with Crippen LogP contribution in [0.25, 0.3) is 0 Å². The van der Waals surface area contributed by atoms with Crippen LogP contribution < -0.4 is 5.32 Å². The highest BCUT2D eigenvalue weighted by atomic mass is 35.5. The molecule has 134 valence electrons. The fourth-order valence-electron chi connectivity index (χ4n) is 3.33. The normalized spacial score (nSPS) is 21.9. The number of benzene rings is 1.